The van der Waals surface area contributed by atoms with E-state index in [4.69, 9.17) is 15.7 Å². The van der Waals surface area contributed by atoms with Gasteiger partial charge in [-0.05, 0) is 30.5 Å². The smallest absolute Gasteiger partial charge is 0.173 e. The summed E-state index contributed by atoms with van der Waals surface area (Å²) in [6.07, 6.45) is 3.82. The van der Waals surface area contributed by atoms with E-state index in [1.54, 1.807) is 7.11 Å². The molecule has 0 saturated heterocycles. The first-order valence-corrected chi connectivity index (χ1v) is 6.12. The van der Waals surface area contributed by atoms with Crippen molar-refractivity contribution in [3.8, 4) is 5.75 Å². The van der Waals surface area contributed by atoms with Crippen molar-refractivity contribution >= 4 is 5.84 Å². The van der Waals surface area contributed by atoms with E-state index in [-0.39, 0.29) is 5.84 Å². The molecule has 1 aliphatic rings. The third-order valence-electron chi connectivity index (χ3n) is 3.35. The number of rotatable bonds is 5. The summed E-state index contributed by atoms with van der Waals surface area (Å²) in [7, 11) is 1.57. The van der Waals surface area contributed by atoms with Gasteiger partial charge in [-0.15, -0.1) is 0 Å². The monoisotopic (exact) mass is 249 g/mol. The maximum absolute atomic E-state index is 8.76. The van der Waals surface area contributed by atoms with Gasteiger partial charge in [0.2, 0.25) is 0 Å². The molecule has 2 rings (SSSR count). The fraction of sp³-hybridized carbons (Fsp3) is 0.462. The number of amidine groups is 1. The van der Waals surface area contributed by atoms with Crippen LogP contribution in [0.2, 0.25) is 0 Å². The van der Waals surface area contributed by atoms with Crippen LogP contribution in [0.1, 0.15) is 30.4 Å². The van der Waals surface area contributed by atoms with Gasteiger partial charge >= 0.3 is 0 Å². The second-order valence-electron chi connectivity index (χ2n) is 4.53. The Morgan fingerprint density at radius 1 is 1.56 bits per heavy atom. The van der Waals surface area contributed by atoms with E-state index < -0.39 is 0 Å². The van der Waals surface area contributed by atoms with Gasteiger partial charge in [-0.1, -0.05) is 17.6 Å². The number of benzene rings is 1. The Labute approximate surface area is 107 Å². The fourth-order valence-electron chi connectivity index (χ4n) is 1.99. The zero-order valence-corrected chi connectivity index (χ0v) is 10.5. The van der Waals surface area contributed by atoms with E-state index >= 15 is 0 Å². The molecule has 0 unspecified atom stereocenters. The number of methoxy groups -OCH3 is 1. The van der Waals surface area contributed by atoms with Crippen molar-refractivity contribution in [3.05, 3.63) is 29.3 Å². The molecular weight excluding hydrogens is 230 g/mol. The highest BCUT2D eigenvalue weighted by atomic mass is 16.5. The average molecular weight is 249 g/mol. The highest BCUT2D eigenvalue weighted by Gasteiger charge is 2.16. The van der Waals surface area contributed by atoms with Crippen molar-refractivity contribution in [2.45, 2.75) is 31.8 Å². The zero-order valence-electron chi connectivity index (χ0n) is 10.5. The molecule has 0 amide bonds. The van der Waals surface area contributed by atoms with E-state index in [0.717, 1.165) is 12.1 Å². The largest absolute Gasteiger partial charge is 0.496 e. The van der Waals surface area contributed by atoms with Gasteiger partial charge in [-0.3, -0.25) is 0 Å². The van der Waals surface area contributed by atoms with Gasteiger partial charge in [0.25, 0.3) is 0 Å². The summed E-state index contributed by atoms with van der Waals surface area (Å²) < 4.78 is 5.19. The Balaban J connectivity index is 2.11. The summed E-state index contributed by atoms with van der Waals surface area (Å²) in [6, 6.07) is 6.35. The van der Waals surface area contributed by atoms with Crippen LogP contribution >= 0.6 is 0 Å². The standard InChI is InChI=1S/C13H19N3O2/c1-18-12-6-5-9(7-11(12)13(14)16-17)8-15-10-3-2-4-10/h5-7,10,15,17H,2-4,8H2,1H3,(H2,14,16). The molecule has 5 nitrogen and oxygen atoms in total. The molecule has 0 aromatic heterocycles. The van der Waals surface area contributed by atoms with Crippen LogP contribution in [0, 0.1) is 0 Å². The average Bonchev–Trinajstić information content (AvgIpc) is 2.35. The summed E-state index contributed by atoms with van der Waals surface area (Å²) in [5.41, 5.74) is 7.35. The predicted octanol–water partition coefficient (Wildman–Crippen LogP) is 1.43. The number of ether oxygens (including phenoxy) is 1. The third kappa shape index (κ3) is 2.73. The van der Waals surface area contributed by atoms with Crippen LogP contribution in [-0.4, -0.2) is 24.2 Å². The van der Waals surface area contributed by atoms with Crippen molar-refractivity contribution in [1.29, 1.82) is 0 Å². The number of nitrogens with zero attached hydrogens (tertiary/aromatic N) is 1. The lowest BCUT2D eigenvalue weighted by molar-refractivity contribution is 0.318. The Morgan fingerprint density at radius 2 is 2.33 bits per heavy atom. The van der Waals surface area contributed by atoms with Gasteiger partial charge in [-0.2, -0.15) is 0 Å². The van der Waals surface area contributed by atoms with E-state index in [1.807, 2.05) is 18.2 Å². The van der Waals surface area contributed by atoms with E-state index in [0.29, 0.717) is 17.4 Å². The van der Waals surface area contributed by atoms with E-state index in [2.05, 4.69) is 10.5 Å². The van der Waals surface area contributed by atoms with Crippen LogP contribution in [0.4, 0.5) is 0 Å². The molecule has 4 N–H and O–H groups in total. The van der Waals surface area contributed by atoms with Crippen molar-refractivity contribution in [2.24, 2.45) is 10.9 Å². The first-order chi connectivity index (χ1) is 8.74. The zero-order chi connectivity index (χ0) is 13.0. The summed E-state index contributed by atoms with van der Waals surface area (Å²) >= 11 is 0. The molecule has 1 fully saturated rings. The van der Waals surface area contributed by atoms with Gasteiger partial charge in [-0.25, -0.2) is 0 Å². The Bertz CT molecular complexity index is 442. The Morgan fingerprint density at radius 3 is 2.89 bits per heavy atom. The molecule has 1 aromatic rings. The van der Waals surface area contributed by atoms with Crippen molar-refractivity contribution in [3.63, 3.8) is 0 Å². The topological polar surface area (TPSA) is 79.9 Å². The molecular formula is C13H19N3O2. The first kappa shape index (κ1) is 12.7. The van der Waals surface area contributed by atoms with Gasteiger partial charge < -0.3 is 21.0 Å². The normalized spacial score (nSPS) is 16.4. The second-order valence-corrected chi connectivity index (χ2v) is 4.53. The molecule has 0 radical (unpaired) electrons. The number of oxime groups is 1. The minimum absolute atomic E-state index is 0.0670. The lowest BCUT2D eigenvalue weighted by atomic mass is 9.93. The highest BCUT2D eigenvalue weighted by molar-refractivity contribution is 5.99. The molecule has 98 valence electrons. The molecule has 18 heavy (non-hydrogen) atoms. The Kier molecular flexibility index (Phi) is 4.04. The minimum Gasteiger partial charge on any atom is -0.496 e. The number of hydrogen-bond donors (Lipinski definition) is 3. The summed E-state index contributed by atoms with van der Waals surface area (Å²) in [6.45, 7) is 0.792. The van der Waals surface area contributed by atoms with Crippen LogP contribution < -0.4 is 15.8 Å². The molecule has 0 aliphatic heterocycles. The summed E-state index contributed by atoms with van der Waals surface area (Å²) in [5.74, 6) is 0.676. The van der Waals surface area contributed by atoms with Crippen LogP contribution in [0.5, 0.6) is 5.75 Å². The van der Waals surface area contributed by atoms with Crippen molar-refractivity contribution in [1.82, 2.24) is 5.32 Å². The molecule has 1 saturated carbocycles. The van der Waals surface area contributed by atoms with Crippen LogP contribution in [0.15, 0.2) is 23.4 Å². The molecule has 1 aliphatic carbocycles. The van der Waals surface area contributed by atoms with Crippen molar-refractivity contribution < 1.29 is 9.94 Å². The summed E-state index contributed by atoms with van der Waals surface area (Å²) in [4.78, 5) is 0. The molecule has 5 heteroatoms. The molecule has 0 spiro atoms. The quantitative estimate of drug-likeness (QED) is 0.319. The predicted molar refractivity (Wildman–Crippen MR) is 70.0 cm³/mol. The van der Waals surface area contributed by atoms with Crippen LogP contribution in [-0.2, 0) is 6.54 Å². The Hall–Kier alpha value is -1.75. The van der Waals surface area contributed by atoms with E-state index in [1.165, 1.54) is 19.3 Å². The second kappa shape index (κ2) is 5.73. The first-order valence-electron chi connectivity index (χ1n) is 6.12. The van der Waals surface area contributed by atoms with Gasteiger partial charge in [0.05, 0.1) is 12.7 Å². The van der Waals surface area contributed by atoms with Gasteiger partial charge in [0.15, 0.2) is 5.84 Å². The number of nitrogens with two attached hydrogens (primary N) is 1. The maximum atomic E-state index is 8.76. The van der Waals surface area contributed by atoms with Crippen molar-refractivity contribution in [2.75, 3.05) is 7.11 Å². The highest BCUT2D eigenvalue weighted by Crippen LogP contribution is 2.21. The van der Waals surface area contributed by atoms with Crippen LogP contribution in [0.3, 0.4) is 0 Å². The number of hydrogen-bond acceptors (Lipinski definition) is 4. The summed E-state index contributed by atoms with van der Waals surface area (Å²) in [5, 5.41) is 15.3. The maximum Gasteiger partial charge on any atom is 0.173 e. The lowest BCUT2D eigenvalue weighted by Gasteiger charge is -2.26. The van der Waals surface area contributed by atoms with Gasteiger partial charge in [0.1, 0.15) is 5.75 Å². The molecule has 0 bridgehead atoms. The minimum atomic E-state index is 0.0670. The lowest BCUT2D eigenvalue weighted by Crippen LogP contribution is -2.34. The third-order valence-corrected chi connectivity index (χ3v) is 3.35. The van der Waals surface area contributed by atoms with Crippen LogP contribution in [0.25, 0.3) is 0 Å². The SMILES string of the molecule is COc1ccc(CNC2CCC2)cc1C(N)=NO. The molecule has 0 heterocycles. The van der Waals surface area contributed by atoms with Gasteiger partial charge in [0, 0.05) is 12.6 Å². The molecule has 0 atom stereocenters. The molecule has 1 aromatic carbocycles. The fourth-order valence-corrected chi connectivity index (χ4v) is 1.99. The number of nitrogens with one attached hydrogen (secondary N) is 1. The van der Waals surface area contributed by atoms with E-state index in [9.17, 15) is 0 Å².